The summed E-state index contributed by atoms with van der Waals surface area (Å²) >= 11 is 6.04. The first-order chi connectivity index (χ1) is 10.6. The molecule has 0 saturated carbocycles. The summed E-state index contributed by atoms with van der Waals surface area (Å²) in [6.07, 6.45) is 0. The number of nitro benzene ring substituents is 1. The van der Waals surface area contributed by atoms with E-state index in [9.17, 15) is 15.2 Å². The number of hydrogen-bond donors (Lipinski definition) is 1. The maximum absolute atomic E-state index is 11.1. The van der Waals surface area contributed by atoms with Crippen LogP contribution in [0.1, 0.15) is 0 Å². The molecule has 0 bridgehead atoms. The van der Waals surface area contributed by atoms with Crippen LogP contribution in [0, 0.1) is 10.1 Å². The minimum Gasteiger partial charge on any atom is -0.502 e. The molecule has 0 spiro atoms. The summed E-state index contributed by atoms with van der Waals surface area (Å²) in [6.45, 7) is 0. The van der Waals surface area contributed by atoms with Crippen LogP contribution in [0.15, 0.2) is 46.9 Å². The molecule has 0 aliphatic heterocycles. The first kappa shape index (κ1) is 12.9. The number of benzene rings is 3. The van der Waals surface area contributed by atoms with Gasteiger partial charge in [0.25, 0.3) is 0 Å². The van der Waals surface area contributed by atoms with Crippen molar-refractivity contribution in [3.05, 3.63) is 57.6 Å². The molecule has 4 aromatic rings. The van der Waals surface area contributed by atoms with Crippen molar-refractivity contribution >= 4 is 50.0 Å². The van der Waals surface area contributed by atoms with Crippen LogP contribution in [0.25, 0.3) is 32.7 Å². The van der Waals surface area contributed by atoms with E-state index in [-0.39, 0.29) is 11.4 Å². The molecule has 0 radical (unpaired) electrons. The van der Waals surface area contributed by atoms with Gasteiger partial charge in [0.15, 0.2) is 0 Å². The second-order valence-electron chi connectivity index (χ2n) is 4.97. The van der Waals surface area contributed by atoms with Gasteiger partial charge in [-0.25, -0.2) is 0 Å². The van der Waals surface area contributed by atoms with E-state index in [0.717, 1.165) is 0 Å². The summed E-state index contributed by atoms with van der Waals surface area (Å²) in [5.41, 5.74) is 0.815. The molecule has 0 unspecified atom stereocenters. The second kappa shape index (κ2) is 4.35. The largest absolute Gasteiger partial charge is 0.502 e. The van der Waals surface area contributed by atoms with Gasteiger partial charge >= 0.3 is 5.69 Å². The molecular formula is C16H8ClNO4. The highest BCUT2D eigenvalue weighted by molar-refractivity contribution is 6.32. The fourth-order valence-electron chi connectivity index (χ4n) is 2.77. The lowest BCUT2D eigenvalue weighted by Gasteiger charge is -2.03. The van der Waals surface area contributed by atoms with Crippen molar-refractivity contribution in [2.24, 2.45) is 0 Å². The summed E-state index contributed by atoms with van der Waals surface area (Å²) in [6, 6.07) is 11.6. The highest BCUT2D eigenvalue weighted by Crippen LogP contribution is 2.42. The van der Waals surface area contributed by atoms with Crippen LogP contribution in [0.3, 0.4) is 0 Å². The normalized spacial score (nSPS) is 11.5. The third kappa shape index (κ3) is 1.66. The molecule has 5 nitrogen and oxygen atoms in total. The molecule has 108 valence electrons. The van der Waals surface area contributed by atoms with E-state index in [1.807, 2.05) is 0 Å². The van der Waals surface area contributed by atoms with Crippen molar-refractivity contribution in [3.63, 3.8) is 0 Å². The molecule has 0 saturated heterocycles. The zero-order valence-electron chi connectivity index (χ0n) is 11.0. The predicted molar refractivity (Wildman–Crippen MR) is 84.6 cm³/mol. The summed E-state index contributed by atoms with van der Waals surface area (Å²) in [5.74, 6) is -0.365. The van der Waals surface area contributed by atoms with E-state index in [1.54, 1.807) is 36.4 Å². The summed E-state index contributed by atoms with van der Waals surface area (Å²) in [7, 11) is 0. The van der Waals surface area contributed by atoms with Gasteiger partial charge in [-0.1, -0.05) is 17.7 Å². The van der Waals surface area contributed by atoms with Gasteiger partial charge in [0, 0.05) is 27.2 Å². The monoisotopic (exact) mass is 313 g/mol. The van der Waals surface area contributed by atoms with E-state index in [4.69, 9.17) is 16.0 Å². The number of halogens is 1. The smallest absolute Gasteiger partial charge is 0.311 e. The average molecular weight is 314 g/mol. The van der Waals surface area contributed by atoms with Crippen molar-refractivity contribution in [2.75, 3.05) is 0 Å². The summed E-state index contributed by atoms with van der Waals surface area (Å²) in [5, 5.41) is 24.4. The molecule has 1 heterocycles. The van der Waals surface area contributed by atoms with Crippen LogP contribution in [-0.4, -0.2) is 10.0 Å². The minimum atomic E-state index is -0.608. The van der Waals surface area contributed by atoms with Crippen LogP contribution in [-0.2, 0) is 0 Å². The van der Waals surface area contributed by atoms with E-state index in [0.29, 0.717) is 37.7 Å². The lowest BCUT2D eigenvalue weighted by atomic mass is 10.0. The fourth-order valence-corrected chi connectivity index (χ4v) is 2.95. The number of nitrogens with zero attached hydrogens (tertiary/aromatic N) is 1. The van der Waals surface area contributed by atoms with Crippen LogP contribution < -0.4 is 0 Å². The number of furan rings is 1. The fraction of sp³-hybridized carbons (Fsp3) is 0. The SMILES string of the molecule is O=[N+]([O-])c1ccc2ccc3oc4ccc(Cl)cc4c3c2c1O. The van der Waals surface area contributed by atoms with Crippen molar-refractivity contribution in [1.29, 1.82) is 0 Å². The third-order valence-electron chi connectivity index (χ3n) is 3.73. The third-order valence-corrected chi connectivity index (χ3v) is 3.96. The molecule has 22 heavy (non-hydrogen) atoms. The Morgan fingerprint density at radius 3 is 2.55 bits per heavy atom. The standard InChI is InChI=1S/C16H8ClNO4/c17-9-3-6-12-10(7-9)15-13(22-12)5-2-8-1-4-11(18(20)21)16(19)14(8)15/h1-7,19H. The Labute approximate surface area is 128 Å². The maximum atomic E-state index is 11.1. The van der Waals surface area contributed by atoms with Gasteiger partial charge in [-0.2, -0.15) is 0 Å². The molecular weight excluding hydrogens is 306 g/mol. The second-order valence-corrected chi connectivity index (χ2v) is 5.41. The van der Waals surface area contributed by atoms with Crippen molar-refractivity contribution in [3.8, 4) is 5.75 Å². The first-order valence-electron chi connectivity index (χ1n) is 6.47. The Bertz CT molecular complexity index is 1080. The molecule has 1 aromatic heterocycles. The van der Waals surface area contributed by atoms with Gasteiger partial charge in [0.2, 0.25) is 5.75 Å². The Balaban J connectivity index is 2.30. The Hall–Kier alpha value is -2.79. The Morgan fingerprint density at radius 1 is 1.05 bits per heavy atom. The molecule has 0 fully saturated rings. The zero-order chi connectivity index (χ0) is 15.4. The number of fused-ring (bicyclic) bond motifs is 5. The highest BCUT2D eigenvalue weighted by Gasteiger charge is 2.20. The van der Waals surface area contributed by atoms with Gasteiger partial charge in [-0.15, -0.1) is 0 Å². The molecule has 0 aliphatic carbocycles. The van der Waals surface area contributed by atoms with Crippen LogP contribution in [0.5, 0.6) is 5.75 Å². The number of rotatable bonds is 1. The number of phenols is 1. The van der Waals surface area contributed by atoms with E-state index in [1.165, 1.54) is 6.07 Å². The minimum absolute atomic E-state index is 0.337. The zero-order valence-corrected chi connectivity index (χ0v) is 11.8. The summed E-state index contributed by atoms with van der Waals surface area (Å²) < 4.78 is 5.73. The van der Waals surface area contributed by atoms with Crippen LogP contribution >= 0.6 is 11.6 Å². The lowest BCUT2D eigenvalue weighted by Crippen LogP contribution is -1.89. The van der Waals surface area contributed by atoms with Crippen LogP contribution in [0.2, 0.25) is 5.02 Å². The van der Waals surface area contributed by atoms with Gasteiger partial charge in [0.05, 0.1) is 4.92 Å². The van der Waals surface area contributed by atoms with Gasteiger partial charge in [0.1, 0.15) is 11.2 Å². The van der Waals surface area contributed by atoms with E-state index >= 15 is 0 Å². The first-order valence-corrected chi connectivity index (χ1v) is 6.85. The molecule has 1 N–H and O–H groups in total. The quantitative estimate of drug-likeness (QED) is 0.396. The van der Waals surface area contributed by atoms with Crippen molar-refractivity contribution in [2.45, 2.75) is 0 Å². The van der Waals surface area contributed by atoms with Gasteiger partial charge < -0.3 is 9.52 Å². The van der Waals surface area contributed by atoms with Crippen molar-refractivity contribution < 1.29 is 14.4 Å². The molecule has 4 rings (SSSR count). The molecule has 0 atom stereocenters. The highest BCUT2D eigenvalue weighted by atomic mass is 35.5. The van der Waals surface area contributed by atoms with E-state index < -0.39 is 4.92 Å². The molecule has 0 amide bonds. The number of nitro groups is 1. The average Bonchev–Trinajstić information content (AvgIpc) is 2.85. The predicted octanol–water partition coefficient (Wildman–Crippen LogP) is 5.01. The lowest BCUT2D eigenvalue weighted by molar-refractivity contribution is -0.385. The molecule has 3 aromatic carbocycles. The van der Waals surface area contributed by atoms with E-state index in [2.05, 4.69) is 0 Å². The Morgan fingerprint density at radius 2 is 1.77 bits per heavy atom. The molecule has 6 heteroatoms. The maximum Gasteiger partial charge on any atom is 0.311 e. The van der Waals surface area contributed by atoms with Gasteiger partial charge in [-0.3, -0.25) is 10.1 Å². The number of aromatic hydroxyl groups is 1. The Kier molecular flexibility index (Phi) is 2.55. The van der Waals surface area contributed by atoms with Crippen molar-refractivity contribution in [1.82, 2.24) is 0 Å². The number of hydrogen-bond acceptors (Lipinski definition) is 4. The summed E-state index contributed by atoms with van der Waals surface area (Å²) in [4.78, 5) is 10.5. The molecule has 0 aliphatic rings. The van der Waals surface area contributed by atoms with Gasteiger partial charge in [-0.05, 0) is 35.7 Å². The van der Waals surface area contributed by atoms with Crippen LogP contribution in [0.4, 0.5) is 5.69 Å². The topological polar surface area (TPSA) is 76.5 Å². The number of phenolic OH excluding ortho intramolecular Hbond substituents is 1.